The number of benzene rings is 1. The second kappa shape index (κ2) is 15.5. The van der Waals surface area contributed by atoms with Crippen LogP contribution in [0.15, 0.2) is 58.4 Å². The van der Waals surface area contributed by atoms with E-state index in [-0.39, 0.29) is 28.8 Å². The van der Waals surface area contributed by atoms with Crippen LogP contribution in [-0.4, -0.2) is 63.4 Å². The van der Waals surface area contributed by atoms with E-state index in [2.05, 4.69) is 56.1 Å². The van der Waals surface area contributed by atoms with Crippen LogP contribution < -0.4 is 10.5 Å². The van der Waals surface area contributed by atoms with E-state index in [9.17, 15) is 19.5 Å². The van der Waals surface area contributed by atoms with Gasteiger partial charge >= 0.3 is 5.97 Å². The first kappa shape index (κ1) is 37.3. The molecule has 3 aromatic rings. The van der Waals surface area contributed by atoms with E-state index >= 15 is 0 Å². The Bertz CT molecular complexity index is 1730. The molecule has 1 fully saturated rings. The highest BCUT2D eigenvalue weighted by molar-refractivity contribution is 6.41. The topological polar surface area (TPSA) is 137 Å². The molecule has 0 radical (unpaired) electrons. The molecule has 0 unspecified atom stereocenters. The van der Waals surface area contributed by atoms with E-state index in [1.807, 2.05) is 6.07 Å². The average molecular weight is 684 g/mol. The number of aliphatic hydroxyl groups is 1. The molecule has 1 aliphatic carbocycles. The Labute approximate surface area is 296 Å². The highest BCUT2D eigenvalue weighted by atomic mass is 16.4. The summed E-state index contributed by atoms with van der Waals surface area (Å²) in [6.45, 7) is 14.9. The van der Waals surface area contributed by atoms with Gasteiger partial charge in [-0.05, 0) is 91.7 Å². The lowest BCUT2D eigenvalue weighted by atomic mass is 9.71. The molecule has 3 aliphatic rings. The van der Waals surface area contributed by atoms with Crippen LogP contribution in [0.1, 0.15) is 102 Å². The SMILES string of the molecule is CC(C)(C)C(=O)O.CC(C)(C)[C@H]1CCc2nc3c(cc2C1)N=C(C(=O)C[C@H](CC[NH+]1CCC(O)CC1)c1ccc(-c2ccc(=O)[nH]c2)cc1)C3. The van der Waals surface area contributed by atoms with Gasteiger partial charge in [0.2, 0.25) is 5.56 Å². The van der Waals surface area contributed by atoms with Gasteiger partial charge in [0.1, 0.15) is 0 Å². The molecule has 0 bridgehead atoms. The first-order valence-corrected chi connectivity index (χ1v) is 18.2. The van der Waals surface area contributed by atoms with E-state index in [1.54, 1.807) is 27.0 Å². The molecule has 268 valence electrons. The molecule has 1 saturated heterocycles. The molecule has 0 saturated carbocycles. The third kappa shape index (κ3) is 9.63. The summed E-state index contributed by atoms with van der Waals surface area (Å²) in [5, 5.41) is 18.2. The van der Waals surface area contributed by atoms with Crippen LogP contribution in [0.2, 0.25) is 0 Å². The number of aryl methyl sites for hydroxylation is 1. The van der Waals surface area contributed by atoms with Crippen molar-refractivity contribution in [1.29, 1.82) is 0 Å². The van der Waals surface area contributed by atoms with Crippen molar-refractivity contribution >= 4 is 23.2 Å². The molecule has 0 amide bonds. The van der Waals surface area contributed by atoms with Gasteiger partial charge in [-0.25, -0.2) is 4.99 Å². The molecule has 1 aromatic carbocycles. The molecule has 50 heavy (non-hydrogen) atoms. The zero-order chi connectivity index (χ0) is 36.2. The Hall–Kier alpha value is -3.95. The van der Waals surface area contributed by atoms with Crippen LogP contribution in [0.25, 0.3) is 11.1 Å². The average Bonchev–Trinajstić information content (AvgIpc) is 3.49. The first-order valence-electron chi connectivity index (χ1n) is 18.2. The number of quaternary nitrogens is 1. The second-order valence-electron chi connectivity index (χ2n) is 16.6. The summed E-state index contributed by atoms with van der Waals surface area (Å²) in [6, 6.07) is 14.0. The number of likely N-dealkylation sites (tertiary alicyclic amines) is 1. The number of ketones is 1. The smallest absolute Gasteiger partial charge is 0.308 e. The summed E-state index contributed by atoms with van der Waals surface area (Å²) in [6.07, 6.45) is 8.28. The van der Waals surface area contributed by atoms with Gasteiger partial charge in [-0.2, -0.15) is 0 Å². The maximum atomic E-state index is 13.8. The Morgan fingerprint density at radius 2 is 1.62 bits per heavy atom. The van der Waals surface area contributed by atoms with Gasteiger partial charge in [-0.3, -0.25) is 19.4 Å². The lowest BCUT2D eigenvalue weighted by molar-refractivity contribution is -0.906. The molecular weight excluding hydrogens is 628 g/mol. The number of carbonyl (C=O) groups excluding carboxylic acids is 1. The summed E-state index contributed by atoms with van der Waals surface area (Å²) < 4.78 is 0. The van der Waals surface area contributed by atoms with Gasteiger partial charge in [-0.15, -0.1) is 0 Å². The summed E-state index contributed by atoms with van der Waals surface area (Å²) in [5.41, 5.74) is 7.67. The molecule has 4 heterocycles. The summed E-state index contributed by atoms with van der Waals surface area (Å²) >= 11 is 0. The number of aliphatic imine (C=N–C) groups is 1. The number of pyridine rings is 2. The quantitative estimate of drug-likeness (QED) is 0.247. The van der Waals surface area contributed by atoms with Crippen LogP contribution in [0.4, 0.5) is 5.69 Å². The predicted molar refractivity (Wildman–Crippen MR) is 197 cm³/mol. The molecule has 9 heteroatoms. The maximum absolute atomic E-state index is 13.8. The van der Waals surface area contributed by atoms with Crippen LogP contribution in [0, 0.1) is 16.7 Å². The number of nitrogens with one attached hydrogen (secondary N) is 2. The largest absolute Gasteiger partial charge is 0.481 e. The number of aromatic amines is 1. The van der Waals surface area contributed by atoms with Crippen molar-refractivity contribution in [2.24, 2.45) is 21.7 Å². The summed E-state index contributed by atoms with van der Waals surface area (Å²) in [4.78, 5) is 49.4. The Balaban J connectivity index is 0.000000630. The number of fused-ring (bicyclic) bond motifs is 2. The highest BCUT2D eigenvalue weighted by Crippen LogP contribution is 2.39. The number of aromatic nitrogens is 2. The normalized spacial score (nSPS) is 20.9. The monoisotopic (exact) mass is 683 g/mol. The fourth-order valence-electron chi connectivity index (χ4n) is 7.07. The van der Waals surface area contributed by atoms with Gasteiger partial charge in [0.05, 0.1) is 48.2 Å². The van der Waals surface area contributed by atoms with Crippen molar-refractivity contribution in [3.63, 3.8) is 0 Å². The zero-order valence-corrected chi connectivity index (χ0v) is 30.6. The van der Waals surface area contributed by atoms with Gasteiger partial charge in [0.15, 0.2) is 5.78 Å². The predicted octanol–water partition coefficient (Wildman–Crippen LogP) is 5.51. The zero-order valence-electron chi connectivity index (χ0n) is 30.6. The van der Waals surface area contributed by atoms with E-state index in [4.69, 9.17) is 15.1 Å². The minimum Gasteiger partial charge on any atom is -0.481 e. The minimum absolute atomic E-state index is 0.0802. The molecule has 2 aromatic heterocycles. The van der Waals surface area contributed by atoms with Crippen LogP contribution in [0.5, 0.6) is 0 Å². The Kier molecular flexibility index (Phi) is 11.6. The first-order chi connectivity index (χ1) is 23.6. The fraction of sp³-hybridized carbons (Fsp3) is 0.537. The number of hydrogen-bond donors (Lipinski definition) is 4. The number of carbonyl (C=O) groups is 2. The van der Waals surface area contributed by atoms with E-state index in [0.717, 1.165) is 86.2 Å². The third-order valence-corrected chi connectivity index (χ3v) is 10.7. The Morgan fingerprint density at radius 3 is 2.22 bits per heavy atom. The van der Waals surface area contributed by atoms with Crippen LogP contribution in [-0.2, 0) is 28.9 Å². The van der Waals surface area contributed by atoms with Gasteiger partial charge in [0.25, 0.3) is 0 Å². The van der Waals surface area contributed by atoms with Crippen LogP contribution >= 0.6 is 0 Å². The summed E-state index contributed by atoms with van der Waals surface area (Å²) in [7, 11) is 0. The van der Waals surface area contributed by atoms with Crippen LogP contribution in [0.3, 0.4) is 0 Å². The summed E-state index contributed by atoms with van der Waals surface area (Å²) in [5.74, 6) is 0.0689. The molecule has 2 aliphatic heterocycles. The van der Waals surface area contributed by atoms with Gasteiger partial charge in [0, 0.05) is 50.1 Å². The second-order valence-corrected chi connectivity index (χ2v) is 16.6. The third-order valence-electron chi connectivity index (χ3n) is 10.7. The van der Waals surface area contributed by atoms with Gasteiger partial charge in [-0.1, -0.05) is 45.0 Å². The number of hydrogen-bond acceptors (Lipinski definition) is 6. The molecule has 0 spiro atoms. The Morgan fingerprint density at radius 1 is 0.960 bits per heavy atom. The number of nitrogens with zero attached hydrogens (tertiary/aromatic N) is 2. The molecule has 4 N–H and O–H groups in total. The van der Waals surface area contributed by atoms with Crippen molar-refractivity contribution < 1.29 is 24.7 Å². The maximum Gasteiger partial charge on any atom is 0.308 e. The van der Waals surface area contributed by atoms with E-state index < -0.39 is 11.4 Å². The fourth-order valence-corrected chi connectivity index (χ4v) is 7.07. The van der Waals surface area contributed by atoms with Crippen molar-refractivity contribution in [2.75, 3.05) is 19.6 Å². The minimum atomic E-state index is -0.757. The number of H-pyrrole nitrogens is 1. The number of carboxylic acid groups (broad SMARTS) is 1. The number of aliphatic hydroxyl groups excluding tert-OH is 1. The molecule has 9 nitrogen and oxygen atoms in total. The molecule has 2 atom stereocenters. The van der Waals surface area contributed by atoms with E-state index in [0.29, 0.717) is 24.5 Å². The van der Waals surface area contributed by atoms with Crippen molar-refractivity contribution in [2.45, 2.75) is 105 Å². The van der Waals surface area contributed by atoms with Crippen molar-refractivity contribution in [3.8, 4) is 11.1 Å². The number of Topliss-reactive ketones (excluding diaryl/α,β-unsaturated/α-hetero) is 1. The van der Waals surface area contributed by atoms with Crippen molar-refractivity contribution in [1.82, 2.24) is 9.97 Å². The number of rotatable bonds is 8. The number of piperidine rings is 1. The standard InChI is InChI=1S/C36H44N4O3.C5H10O2/c1-36(2,3)28-9-10-30-27(18-28)19-31-32(38-30)21-33(39-31)34(42)20-25(12-15-40-16-13-29(41)14-17-40)23-4-6-24(7-5-23)26-8-11-35(43)37-22-26;1-5(2,3)4(6)7/h4-8,11,19,22,25,28-29,41H,9-10,12-18,20-21H2,1-3H3,(H,37,43);1-3H3,(H,6,7)/p+1/t25-,28-;/m0./s1. The molecule has 6 rings (SSSR count). The molecular formula is C41H55N4O5+. The highest BCUT2D eigenvalue weighted by Gasteiger charge is 2.32. The number of carboxylic acids is 1. The number of aliphatic carboxylic acids is 1. The lowest BCUT2D eigenvalue weighted by Crippen LogP contribution is -3.13. The van der Waals surface area contributed by atoms with Crippen molar-refractivity contribution in [3.05, 3.63) is 81.5 Å². The van der Waals surface area contributed by atoms with E-state index in [1.165, 1.54) is 22.2 Å². The lowest BCUT2D eigenvalue weighted by Gasteiger charge is -2.34. The van der Waals surface area contributed by atoms with Gasteiger partial charge < -0.3 is 20.1 Å².